The van der Waals surface area contributed by atoms with Crippen molar-refractivity contribution in [1.29, 1.82) is 0 Å². The first kappa shape index (κ1) is 24.2. The summed E-state index contributed by atoms with van der Waals surface area (Å²) in [6, 6.07) is 9.81. The van der Waals surface area contributed by atoms with Gasteiger partial charge in [-0.3, -0.25) is 9.59 Å². The molecule has 1 N–H and O–H groups in total. The van der Waals surface area contributed by atoms with Crippen LogP contribution in [0.1, 0.15) is 91.0 Å². The van der Waals surface area contributed by atoms with Gasteiger partial charge in [-0.15, -0.1) is 0 Å². The molecule has 1 aromatic heterocycles. The maximum Gasteiger partial charge on any atom is 0.333 e. The predicted octanol–water partition coefficient (Wildman–Crippen LogP) is 4.73. The van der Waals surface area contributed by atoms with Gasteiger partial charge >= 0.3 is 5.97 Å². The van der Waals surface area contributed by atoms with Crippen molar-refractivity contribution in [2.75, 3.05) is 7.11 Å². The van der Waals surface area contributed by atoms with E-state index in [1.165, 1.54) is 39.2 Å². The number of ether oxygens (including phenoxy) is 1. The van der Waals surface area contributed by atoms with Crippen LogP contribution in [0.5, 0.6) is 0 Å². The largest absolute Gasteiger partial charge is 0.467 e. The fraction of sp³-hybridized carbons (Fsp3) is 0.536. The van der Waals surface area contributed by atoms with Gasteiger partial charge < -0.3 is 14.6 Å². The van der Waals surface area contributed by atoms with Crippen molar-refractivity contribution < 1.29 is 14.3 Å². The number of carbonyl (C=O) groups excluding carboxylic acids is 2. The van der Waals surface area contributed by atoms with Crippen LogP contribution in [0.15, 0.2) is 41.2 Å². The number of hydrogen-bond acceptors (Lipinski definition) is 4. The lowest BCUT2D eigenvalue weighted by Crippen LogP contribution is -2.40. The summed E-state index contributed by atoms with van der Waals surface area (Å²) in [7, 11) is 1.30. The zero-order chi connectivity index (χ0) is 23.9. The molecule has 0 bridgehead atoms. The van der Waals surface area contributed by atoms with Crippen molar-refractivity contribution in [2.45, 2.75) is 83.2 Å². The van der Waals surface area contributed by atoms with Gasteiger partial charge in [0.25, 0.3) is 11.5 Å². The van der Waals surface area contributed by atoms with Crippen LogP contribution in [0.4, 0.5) is 0 Å². The highest BCUT2D eigenvalue weighted by Crippen LogP contribution is 2.27. The average molecular weight is 465 g/mol. The van der Waals surface area contributed by atoms with E-state index < -0.39 is 17.9 Å². The van der Waals surface area contributed by atoms with Crippen LogP contribution in [-0.2, 0) is 28.9 Å². The summed E-state index contributed by atoms with van der Waals surface area (Å²) >= 11 is 0. The van der Waals surface area contributed by atoms with Crippen LogP contribution in [-0.4, -0.2) is 23.6 Å². The number of hydrogen-bond donors (Lipinski definition) is 1. The molecule has 0 saturated heterocycles. The van der Waals surface area contributed by atoms with Crippen molar-refractivity contribution >= 4 is 11.9 Å². The van der Waals surface area contributed by atoms with Crippen molar-refractivity contribution in [3.8, 4) is 0 Å². The lowest BCUT2D eigenvalue weighted by Gasteiger charge is -2.27. The highest BCUT2D eigenvalue weighted by atomic mass is 16.5. The molecule has 4 rings (SSSR count). The van der Waals surface area contributed by atoms with E-state index in [9.17, 15) is 14.4 Å². The monoisotopic (exact) mass is 464 g/mol. The Kier molecular flexibility index (Phi) is 8.20. The Morgan fingerprint density at radius 3 is 2.38 bits per heavy atom. The number of nitrogens with zero attached hydrogens (tertiary/aromatic N) is 1. The van der Waals surface area contributed by atoms with E-state index in [4.69, 9.17) is 4.74 Å². The molecule has 1 heterocycles. The molecule has 6 heteroatoms. The van der Waals surface area contributed by atoms with Crippen LogP contribution < -0.4 is 10.9 Å². The van der Waals surface area contributed by atoms with Gasteiger partial charge in [0.05, 0.1) is 7.11 Å². The molecule has 1 fully saturated rings. The Balaban J connectivity index is 1.70. The van der Waals surface area contributed by atoms with Gasteiger partial charge in [-0.2, -0.15) is 0 Å². The maximum atomic E-state index is 13.7. The SMILES string of the molecule is COC(=O)C(NC(=O)c1cc2c(n(CC3CCCCC3)c1=O)CCCCCC2)c1ccccc1. The Bertz CT molecular complexity index is 1050. The van der Waals surface area contributed by atoms with E-state index in [1.54, 1.807) is 30.3 Å². The number of aromatic nitrogens is 1. The van der Waals surface area contributed by atoms with E-state index in [1.807, 2.05) is 10.6 Å². The molecule has 1 saturated carbocycles. The van der Waals surface area contributed by atoms with E-state index in [0.717, 1.165) is 49.8 Å². The van der Waals surface area contributed by atoms with Crippen LogP contribution >= 0.6 is 0 Å². The number of fused-ring (bicyclic) bond motifs is 1. The molecule has 1 amide bonds. The minimum absolute atomic E-state index is 0.125. The minimum Gasteiger partial charge on any atom is -0.467 e. The summed E-state index contributed by atoms with van der Waals surface area (Å²) < 4.78 is 6.85. The summed E-state index contributed by atoms with van der Waals surface area (Å²) in [5.74, 6) is -0.605. The third kappa shape index (κ3) is 5.60. The number of esters is 1. The molecular formula is C28H36N2O4. The second kappa shape index (κ2) is 11.5. The van der Waals surface area contributed by atoms with E-state index in [-0.39, 0.29) is 11.1 Å². The summed E-state index contributed by atoms with van der Waals surface area (Å²) in [6.07, 6.45) is 12.2. The number of amides is 1. The van der Waals surface area contributed by atoms with Crippen molar-refractivity contribution in [3.63, 3.8) is 0 Å². The van der Waals surface area contributed by atoms with E-state index in [0.29, 0.717) is 18.0 Å². The Morgan fingerprint density at radius 2 is 1.68 bits per heavy atom. The second-order valence-corrected chi connectivity index (χ2v) is 9.70. The molecular weight excluding hydrogens is 428 g/mol. The quantitative estimate of drug-likeness (QED) is 0.627. The summed E-state index contributed by atoms with van der Waals surface area (Å²) in [6.45, 7) is 0.682. The summed E-state index contributed by atoms with van der Waals surface area (Å²) in [4.78, 5) is 39.6. The highest BCUT2D eigenvalue weighted by molar-refractivity contribution is 5.97. The van der Waals surface area contributed by atoms with Crippen molar-refractivity contribution in [1.82, 2.24) is 9.88 Å². The summed E-state index contributed by atoms with van der Waals surface area (Å²) in [5, 5.41) is 2.78. The zero-order valence-electron chi connectivity index (χ0n) is 20.2. The first-order chi connectivity index (χ1) is 16.6. The number of carbonyl (C=O) groups is 2. The number of methoxy groups -OCH3 is 1. The molecule has 1 unspecified atom stereocenters. The fourth-order valence-corrected chi connectivity index (χ4v) is 5.47. The molecule has 6 nitrogen and oxygen atoms in total. The Hall–Kier alpha value is -2.89. The zero-order valence-corrected chi connectivity index (χ0v) is 20.2. The number of rotatable bonds is 6. The molecule has 1 atom stereocenters. The number of nitrogens with one attached hydrogen (secondary N) is 1. The fourth-order valence-electron chi connectivity index (χ4n) is 5.47. The number of benzene rings is 1. The molecule has 182 valence electrons. The van der Waals surface area contributed by atoms with Gasteiger partial charge in [0, 0.05) is 12.2 Å². The van der Waals surface area contributed by atoms with Gasteiger partial charge in [-0.25, -0.2) is 4.79 Å². The smallest absolute Gasteiger partial charge is 0.333 e. The van der Waals surface area contributed by atoms with Crippen LogP contribution in [0.25, 0.3) is 0 Å². The van der Waals surface area contributed by atoms with E-state index >= 15 is 0 Å². The molecule has 2 aliphatic carbocycles. The standard InChI is InChI=1S/C28H36N2O4/c1-34-28(33)25(21-14-9-5-10-15-21)29-26(31)23-18-22-16-8-2-3-11-17-24(22)30(27(23)32)19-20-12-6-4-7-13-20/h5,9-10,14-15,18,20,25H,2-4,6-8,11-13,16-17,19H2,1H3,(H,29,31). The van der Waals surface area contributed by atoms with Crippen molar-refractivity contribution in [3.05, 3.63) is 69.1 Å². The van der Waals surface area contributed by atoms with Gasteiger partial charge in [-0.05, 0) is 61.6 Å². The normalized spacial score (nSPS) is 17.7. The molecule has 1 aromatic carbocycles. The topological polar surface area (TPSA) is 77.4 Å². The first-order valence-electron chi connectivity index (χ1n) is 12.8. The van der Waals surface area contributed by atoms with Gasteiger partial charge in [0.1, 0.15) is 5.56 Å². The molecule has 34 heavy (non-hydrogen) atoms. The summed E-state index contributed by atoms with van der Waals surface area (Å²) in [5.41, 5.74) is 2.73. The van der Waals surface area contributed by atoms with Gasteiger partial charge in [0.2, 0.25) is 0 Å². The lowest BCUT2D eigenvalue weighted by atomic mass is 9.88. The first-order valence-corrected chi connectivity index (χ1v) is 12.8. The molecule has 0 aliphatic heterocycles. The second-order valence-electron chi connectivity index (χ2n) is 9.70. The van der Waals surface area contributed by atoms with Crippen LogP contribution in [0, 0.1) is 5.92 Å². The van der Waals surface area contributed by atoms with Crippen LogP contribution in [0.2, 0.25) is 0 Å². The number of aryl methyl sites for hydroxylation is 1. The predicted molar refractivity (Wildman–Crippen MR) is 132 cm³/mol. The third-order valence-corrected chi connectivity index (χ3v) is 7.36. The molecule has 0 spiro atoms. The average Bonchev–Trinajstić information content (AvgIpc) is 2.85. The maximum absolute atomic E-state index is 13.7. The Labute approximate surface area is 201 Å². The molecule has 0 radical (unpaired) electrons. The van der Waals surface area contributed by atoms with Gasteiger partial charge in [0.15, 0.2) is 6.04 Å². The van der Waals surface area contributed by atoms with Crippen molar-refractivity contribution in [2.24, 2.45) is 5.92 Å². The Morgan fingerprint density at radius 1 is 1.00 bits per heavy atom. The molecule has 2 aromatic rings. The van der Waals surface area contributed by atoms with Gasteiger partial charge in [-0.1, -0.05) is 62.4 Å². The number of pyridine rings is 1. The molecule has 2 aliphatic rings. The van der Waals surface area contributed by atoms with Crippen LogP contribution in [0.3, 0.4) is 0 Å². The third-order valence-electron chi connectivity index (χ3n) is 7.36. The van der Waals surface area contributed by atoms with E-state index in [2.05, 4.69) is 5.32 Å². The lowest BCUT2D eigenvalue weighted by molar-refractivity contribution is -0.143. The highest BCUT2D eigenvalue weighted by Gasteiger charge is 2.27. The minimum atomic E-state index is -0.966.